The molecule has 1 saturated carbocycles. The summed E-state index contributed by atoms with van der Waals surface area (Å²) in [5.74, 6) is 1.74. The lowest BCUT2D eigenvalue weighted by Gasteiger charge is -2.21. The van der Waals surface area contributed by atoms with Crippen LogP contribution in [0.4, 0.5) is 11.5 Å². The Morgan fingerprint density at radius 3 is 2.52 bits per heavy atom. The lowest BCUT2D eigenvalue weighted by Crippen LogP contribution is -2.34. The van der Waals surface area contributed by atoms with E-state index in [9.17, 15) is 4.79 Å². The number of hydrogen-bond donors (Lipinski definition) is 1. The third kappa shape index (κ3) is 3.09. The zero-order chi connectivity index (χ0) is 18.3. The summed E-state index contributed by atoms with van der Waals surface area (Å²) in [5.41, 5.74) is 1.24. The zero-order valence-electron chi connectivity index (χ0n) is 15.2. The number of benzene rings is 1. The van der Waals surface area contributed by atoms with Gasteiger partial charge in [0.05, 0.1) is 5.56 Å². The number of amides is 1. The minimum absolute atomic E-state index is 0.176. The van der Waals surface area contributed by atoms with Crippen LogP contribution in [-0.2, 0) is 0 Å². The molecule has 0 radical (unpaired) electrons. The van der Waals surface area contributed by atoms with E-state index in [1.165, 1.54) is 12.8 Å². The maximum Gasteiger partial charge on any atom is 0.257 e. The van der Waals surface area contributed by atoms with Crippen LogP contribution in [0.3, 0.4) is 0 Å². The summed E-state index contributed by atoms with van der Waals surface area (Å²) in [4.78, 5) is 19.3. The molecule has 1 aromatic carbocycles. The van der Waals surface area contributed by atoms with E-state index < -0.39 is 5.79 Å². The van der Waals surface area contributed by atoms with Crippen LogP contribution in [0.2, 0.25) is 0 Å². The van der Waals surface area contributed by atoms with Gasteiger partial charge in [-0.1, -0.05) is 0 Å². The third-order valence-corrected chi connectivity index (χ3v) is 5.60. The van der Waals surface area contributed by atoms with Gasteiger partial charge in [-0.25, -0.2) is 4.98 Å². The summed E-state index contributed by atoms with van der Waals surface area (Å²) in [5, 5.41) is 2.93. The first-order valence-electron chi connectivity index (χ1n) is 9.75. The number of ether oxygens (including phenoxy) is 2. The van der Waals surface area contributed by atoms with Crippen LogP contribution >= 0.6 is 0 Å². The molecular weight excluding hydrogens is 342 g/mol. The molecule has 27 heavy (non-hydrogen) atoms. The van der Waals surface area contributed by atoms with E-state index in [2.05, 4.69) is 15.2 Å². The van der Waals surface area contributed by atoms with Crippen molar-refractivity contribution >= 4 is 17.4 Å². The normalized spacial score (nSPS) is 19.6. The Labute approximate surface area is 158 Å². The number of pyridine rings is 1. The summed E-state index contributed by atoms with van der Waals surface area (Å²) in [6.45, 7) is 2.08. The van der Waals surface area contributed by atoms with Crippen molar-refractivity contribution in [3.63, 3.8) is 0 Å². The van der Waals surface area contributed by atoms with E-state index in [4.69, 9.17) is 9.47 Å². The van der Waals surface area contributed by atoms with E-state index in [0.717, 1.165) is 50.3 Å². The highest BCUT2D eigenvalue weighted by Gasteiger charge is 2.44. The van der Waals surface area contributed by atoms with Crippen LogP contribution in [-0.4, -0.2) is 29.8 Å². The van der Waals surface area contributed by atoms with E-state index >= 15 is 0 Å². The van der Waals surface area contributed by atoms with Crippen LogP contribution in [0.15, 0.2) is 36.5 Å². The van der Waals surface area contributed by atoms with E-state index in [1.54, 1.807) is 6.20 Å². The highest BCUT2D eigenvalue weighted by Crippen LogP contribution is 2.47. The number of nitrogens with zero attached hydrogens (tertiary/aromatic N) is 2. The number of aromatic nitrogens is 1. The van der Waals surface area contributed by atoms with Gasteiger partial charge in [-0.05, 0) is 49.9 Å². The molecule has 140 valence electrons. The Kier molecular flexibility index (Phi) is 3.92. The van der Waals surface area contributed by atoms with Crippen LogP contribution in [0, 0.1) is 0 Å². The van der Waals surface area contributed by atoms with Gasteiger partial charge in [-0.2, -0.15) is 0 Å². The van der Waals surface area contributed by atoms with Crippen molar-refractivity contribution in [1.82, 2.24) is 4.98 Å². The van der Waals surface area contributed by atoms with Crippen LogP contribution < -0.4 is 19.7 Å². The second kappa shape index (κ2) is 6.44. The largest absolute Gasteiger partial charge is 0.448 e. The van der Waals surface area contributed by atoms with E-state index in [0.29, 0.717) is 17.0 Å². The van der Waals surface area contributed by atoms with Crippen molar-refractivity contribution in [3.8, 4) is 11.5 Å². The predicted molar refractivity (Wildman–Crippen MR) is 103 cm³/mol. The molecule has 6 nitrogen and oxygen atoms in total. The van der Waals surface area contributed by atoms with Crippen LogP contribution in [0.1, 0.15) is 48.9 Å². The lowest BCUT2D eigenvalue weighted by atomic mass is 10.2. The van der Waals surface area contributed by atoms with Crippen molar-refractivity contribution < 1.29 is 14.3 Å². The molecule has 0 atom stereocenters. The summed E-state index contributed by atoms with van der Waals surface area (Å²) in [7, 11) is 0. The van der Waals surface area contributed by atoms with Gasteiger partial charge in [-0.15, -0.1) is 0 Å². The Hall–Kier alpha value is -2.76. The molecule has 5 rings (SSSR count). The molecule has 6 heteroatoms. The minimum atomic E-state index is -0.486. The van der Waals surface area contributed by atoms with Crippen molar-refractivity contribution in [2.75, 3.05) is 23.3 Å². The first-order chi connectivity index (χ1) is 13.2. The Bertz CT molecular complexity index is 853. The molecule has 0 unspecified atom stereocenters. The maximum atomic E-state index is 12.6. The highest BCUT2D eigenvalue weighted by atomic mass is 16.7. The molecule has 2 aromatic rings. The van der Waals surface area contributed by atoms with Gasteiger partial charge < -0.3 is 19.7 Å². The molecule has 1 N–H and O–H groups in total. The molecule has 1 saturated heterocycles. The standard InChI is InChI=1S/C21H23N3O3/c25-20(15-5-8-19(22-14-15)24-11-3-4-12-24)23-16-6-7-17-18(13-16)27-21(26-17)9-1-2-10-21/h5-8,13-14H,1-4,9-12H2,(H,23,25). The van der Waals surface area contributed by atoms with Crippen molar-refractivity contribution in [2.45, 2.75) is 44.3 Å². The fraction of sp³-hybridized carbons (Fsp3) is 0.429. The molecule has 1 aromatic heterocycles. The molecule has 2 aliphatic heterocycles. The minimum Gasteiger partial charge on any atom is -0.448 e. The smallest absolute Gasteiger partial charge is 0.257 e. The number of carbonyl (C=O) groups excluding carboxylic acids is 1. The number of fused-ring (bicyclic) bond motifs is 1. The fourth-order valence-corrected chi connectivity index (χ4v) is 4.15. The SMILES string of the molecule is O=C(Nc1ccc2c(c1)OC1(CCCC1)O2)c1ccc(N2CCCC2)nc1. The lowest BCUT2D eigenvalue weighted by molar-refractivity contribution is -0.0716. The molecule has 3 heterocycles. The maximum absolute atomic E-state index is 12.6. The quantitative estimate of drug-likeness (QED) is 0.891. The van der Waals surface area contributed by atoms with Gasteiger partial charge in [0.25, 0.3) is 11.7 Å². The molecule has 1 amide bonds. The second-order valence-electron chi connectivity index (χ2n) is 7.54. The predicted octanol–water partition coefficient (Wildman–Crippen LogP) is 3.98. The number of carbonyl (C=O) groups is 1. The van der Waals surface area contributed by atoms with Gasteiger partial charge in [0.1, 0.15) is 5.82 Å². The summed E-state index contributed by atoms with van der Waals surface area (Å²) < 4.78 is 12.1. The van der Waals surface area contributed by atoms with Crippen molar-refractivity contribution in [2.24, 2.45) is 0 Å². The first-order valence-corrected chi connectivity index (χ1v) is 9.75. The van der Waals surface area contributed by atoms with Gasteiger partial charge in [0.2, 0.25) is 0 Å². The summed E-state index contributed by atoms with van der Waals surface area (Å²) in [6, 6.07) is 9.30. The summed E-state index contributed by atoms with van der Waals surface area (Å²) >= 11 is 0. The Morgan fingerprint density at radius 2 is 1.78 bits per heavy atom. The zero-order valence-corrected chi connectivity index (χ0v) is 15.2. The molecular formula is C21H23N3O3. The number of rotatable bonds is 3. The van der Waals surface area contributed by atoms with Gasteiger partial charge >= 0.3 is 0 Å². The van der Waals surface area contributed by atoms with Crippen molar-refractivity contribution in [3.05, 3.63) is 42.1 Å². The van der Waals surface area contributed by atoms with E-state index in [1.807, 2.05) is 30.3 Å². The average Bonchev–Trinajstić information content (AvgIpc) is 3.43. The topological polar surface area (TPSA) is 63.7 Å². The molecule has 1 spiro atoms. The number of anilines is 2. The van der Waals surface area contributed by atoms with Crippen LogP contribution in [0.5, 0.6) is 11.5 Å². The average molecular weight is 365 g/mol. The monoisotopic (exact) mass is 365 g/mol. The molecule has 0 bridgehead atoms. The highest BCUT2D eigenvalue weighted by molar-refractivity contribution is 6.04. The summed E-state index contributed by atoms with van der Waals surface area (Å²) in [6.07, 6.45) is 8.13. The molecule has 2 fully saturated rings. The fourth-order valence-electron chi connectivity index (χ4n) is 4.15. The number of nitrogens with one attached hydrogen (secondary N) is 1. The second-order valence-corrected chi connectivity index (χ2v) is 7.54. The number of hydrogen-bond acceptors (Lipinski definition) is 5. The van der Waals surface area contributed by atoms with Gasteiger partial charge in [0, 0.05) is 43.9 Å². The first kappa shape index (κ1) is 16.4. The van der Waals surface area contributed by atoms with Gasteiger partial charge in [-0.3, -0.25) is 4.79 Å². The molecule has 3 aliphatic rings. The Morgan fingerprint density at radius 1 is 1.00 bits per heavy atom. The van der Waals surface area contributed by atoms with Crippen molar-refractivity contribution in [1.29, 1.82) is 0 Å². The van der Waals surface area contributed by atoms with E-state index in [-0.39, 0.29) is 5.91 Å². The molecule has 1 aliphatic carbocycles. The Balaban J connectivity index is 1.28. The van der Waals surface area contributed by atoms with Gasteiger partial charge in [0.15, 0.2) is 11.5 Å². The van der Waals surface area contributed by atoms with Crippen LogP contribution in [0.25, 0.3) is 0 Å². The third-order valence-electron chi connectivity index (χ3n) is 5.60.